The Balaban J connectivity index is 1.72. The van der Waals surface area contributed by atoms with Crippen LogP contribution in [0.2, 0.25) is 0 Å². The summed E-state index contributed by atoms with van der Waals surface area (Å²) in [4.78, 5) is 28.7. The summed E-state index contributed by atoms with van der Waals surface area (Å²) in [5.41, 5.74) is 2.13. The molecule has 2 amide bonds. The Hall–Kier alpha value is -4.05. The summed E-state index contributed by atoms with van der Waals surface area (Å²) in [5, 5.41) is 2.94. The summed E-state index contributed by atoms with van der Waals surface area (Å²) in [6, 6.07) is 19.5. The van der Waals surface area contributed by atoms with Crippen molar-refractivity contribution in [3.63, 3.8) is 0 Å². The zero-order valence-corrected chi connectivity index (χ0v) is 24.7. The molecule has 4 rings (SSSR count). The molecule has 1 heterocycles. The summed E-state index contributed by atoms with van der Waals surface area (Å²) in [7, 11) is -4.17. The molecule has 0 fully saturated rings. The van der Waals surface area contributed by atoms with Crippen molar-refractivity contribution in [3.8, 4) is 11.5 Å². The van der Waals surface area contributed by atoms with Crippen molar-refractivity contribution in [2.45, 2.75) is 57.6 Å². The fraction of sp³-hybridized carbons (Fsp3) is 0.355. The molecule has 2 atom stereocenters. The zero-order chi connectivity index (χ0) is 29.6. The van der Waals surface area contributed by atoms with Crippen LogP contribution in [-0.4, -0.2) is 57.0 Å². The van der Waals surface area contributed by atoms with E-state index in [1.54, 1.807) is 43.3 Å². The molecular formula is C31H37N3O6S. The second-order valence-electron chi connectivity index (χ2n) is 10.2. The Labute approximate surface area is 242 Å². The third-order valence-corrected chi connectivity index (χ3v) is 8.85. The number of rotatable bonds is 11. The van der Waals surface area contributed by atoms with Gasteiger partial charge in [-0.3, -0.25) is 13.9 Å². The molecule has 3 aromatic rings. The molecule has 41 heavy (non-hydrogen) atoms. The van der Waals surface area contributed by atoms with Gasteiger partial charge in [-0.1, -0.05) is 55.0 Å². The number of anilines is 1. The predicted octanol–water partition coefficient (Wildman–Crippen LogP) is 4.29. The first kappa shape index (κ1) is 29.9. The highest BCUT2D eigenvalue weighted by molar-refractivity contribution is 7.92. The number of hydrogen-bond acceptors (Lipinski definition) is 6. The molecule has 0 aliphatic carbocycles. The first-order chi connectivity index (χ1) is 19.6. The van der Waals surface area contributed by atoms with E-state index in [9.17, 15) is 18.0 Å². The van der Waals surface area contributed by atoms with E-state index < -0.39 is 28.5 Å². The lowest BCUT2D eigenvalue weighted by molar-refractivity contribution is -0.139. The Morgan fingerprint density at radius 3 is 2.24 bits per heavy atom. The fourth-order valence-corrected chi connectivity index (χ4v) is 5.80. The van der Waals surface area contributed by atoms with Gasteiger partial charge in [0.2, 0.25) is 11.8 Å². The summed E-state index contributed by atoms with van der Waals surface area (Å²) in [5.74, 6) is 0.0652. The fourth-order valence-electron chi connectivity index (χ4n) is 4.37. The minimum atomic E-state index is -4.17. The van der Waals surface area contributed by atoms with E-state index in [0.717, 1.165) is 21.9 Å². The first-order valence-electron chi connectivity index (χ1n) is 13.7. The van der Waals surface area contributed by atoms with Gasteiger partial charge in [-0.05, 0) is 57.0 Å². The monoisotopic (exact) mass is 579 g/mol. The summed E-state index contributed by atoms with van der Waals surface area (Å²) in [6.45, 7) is 7.81. The highest BCUT2D eigenvalue weighted by atomic mass is 32.2. The molecule has 0 bridgehead atoms. The van der Waals surface area contributed by atoms with Crippen LogP contribution in [0.15, 0.2) is 77.7 Å². The average Bonchev–Trinajstić information content (AvgIpc) is 2.99. The van der Waals surface area contributed by atoms with Gasteiger partial charge in [-0.2, -0.15) is 0 Å². The van der Waals surface area contributed by atoms with E-state index in [1.807, 2.05) is 45.0 Å². The van der Waals surface area contributed by atoms with Crippen LogP contribution in [0.25, 0.3) is 0 Å². The largest absolute Gasteiger partial charge is 0.486 e. The first-order valence-corrected chi connectivity index (χ1v) is 15.2. The van der Waals surface area contributed by atoms with Crippen LogP contribution >= 0.6 is 0 Å². The highest BCUT2D eigenvalue weighted by Crippen LogP contribution is 2.36. The molecular weight excluding hydrogens is 542 g/mol. The van der Waals surface area contributed by atoms with Gasteiger partial charge in [0.25, 0.3) is 10.0 Å². The second-order valence-corrected chi connectivity index (χ2v) is 12.0. The molecule has 10 heteroatoms. The summed E-state index contributed by atoms with van der Waals surface area (Å²) in [6.07, 6.45) is 0.734. The van der Waals surface area contributed by atoms with E-state index in [4.69, 9.17) is 9.47 Å². The smallest absolute Gasteiger partial charge is 0.264 e. The van der Waals surface area contributed by atoms with Gasteiger partial charge in [0.05, 0.1) is 10.6 Å². The van der Waals surface area contributed by atoms with Gasteiger partial charge < -0.3 is 19.7 Å². The van der Waals surface area contributed by atoms with Gasteiger partial charge in [-0.15, -0.1) is 0 Å². The van der Waals surface area contributed by atoms with Gasteiger partial charge in [-0.25, -0.2) is 8.42 Å². The number of benzene rings is 3. The lowest BCUT2D eigenvalue weighted by Crippen LogP contribution is -2.52. The Morgan fingerprint density at radius 2 is 1.59 bits per heavy atom. The van der Waals surface area contributed by atoms with Crippen molar-refractivity contribution in [3.05, 3.63) is 83.9 Å². The maximum absolute atomic E-state index is 14.1. The minimum Gasteiger partial charge on any atom is -0.486 e. The lowest BCUT2D eigenvalue weighted by Gasteiger charge is -2.32. The minimum absolute atomic E-state index is 0.0373. The van der Waals surface area contributed by atoms with E-state index in [2.05, 4.69) is 5.32 Å². The van der Waals surface area contributed by atoms with E-state index >= 15 is 0 Å². The van der Waals surface area contributed by atoms with E-state index in [1.165, 1.54) is 17.0 Å². The van der Waals surface area contributed by atoms with Crippen molar-refractivity contribution >= 4 is 27.5 Å². The quantitative estimate of drug-likeness (QED) is 0.363. The number of nitrogens with zero attached hydrogens (tertiary/aromatic N) is 2. The molecule has 1 N–H and O–H groups in total. The second kappa shape index (κ2) is 13.1. The van der Waals surface area contributed by atoms with Gasteiger partial charge >= 0.3 is 0 Å². The van der Waals surface area contributed by atoms with Gasteiger partial charge in [0.1, 0.15) is 25.8 Å². The standard InChI is InChI=1S/C31H37N3O6S/c1-5-23(3)32-31(36)24(4)33(20-25-13-11-22(2)12-14-25)30(35)21-34(41(37,38)27-9-7-6-8-10-27)26-15-16-28-29(19-26)40-18-17-39-28/h6-16,19,23-24H,5,17-18,20-21H2,1-4H3,(H,32,36)/t23-,24-/m0/s1. The van der Waals surface area contributed by atoms with Crippen LogP contribution in [0.5, 0.6) is 11.5 Å². The number of carbonyl (C=O) groups excluding carboxylic acids is 2. The maximum Gasteiger partial charge on any atom is 0.264 e. The zero-order valence-electron chi connectivity index (χ0n) is 23.9. The highest BCUT2D eigenvalue weighted by Gasteiger charge is 2.33. The topological polar surface area (TPSA) is 105 Å². The molecule has 1 aliphatic rings. The Kier molecular flexibility index (Phi) is 9.54. The van der Waals surface area contributed by atoms with Crippen molar-refractivity contribution in [1.82, 2.24) is 10.2 Å². The number of fused-ring (bicyclic) bond motifs is 1. The molecule has 1 aliphatic heterocycles. The average molecular weight is 580 g/mol. The third-order valence-electron chi connectivity index (χ3n) is 7.07. The van der Waals surface area contributed by atoms with Gasteiger partial charge in [0, 0.05) is 18.7 Å². The lowest BCUT2D eigenvalue weighted by atomic mass is 10.1. The van der Waals surface area contributed by atoms with Crippen molar-refractivity contribution in [1.29, 1.82) is 0 Å². The molecule has 0 spiro atoms. The van der Waals surface area contributed by atoms with Crippen molar-refractivity contribution < 1.29 is 27.5 Å². The SMILES string of the molecule is CC[C@H](C)NC(=O)[C@H](C)N(Cc1ccc(C)cc1)C(=O)CN(c1ccc2c(c1)OCCO2)S(=O)(=O)c1ccccc1. The summed E-state index contributed by atoms with van der Waals surface area (Å²) >= 11 is 0. The number of nitrogens with one attached hydrogen (secondary N) is 1. The normalized spacial score (nSPS) is 14.0. The molecule has 0 unspecified atom stereocenters. The molecule has 0 saturated heterocycles. The number of ether oxygens (including phenoxy) is 2. The number of amides is 2. The molecule has 3 aromatic carbocycles. The molecule has 0 saturated carbocycles. The van der Waals surface area contributed by atoms with Crippen LogP contribution in [0, 0.1) is 6.92 Å². The third kappa shape index (κ3) is 7.18. The molecule has 0 radical (unpaired) electrons. The van der Waals surface area contributed by atoms with Crippen LogP contribution in [-0.2, 0) is 26.2 Å². The van der Waals surface area contributed by atoms with Gasteiger partial charge in [0.15, 0.2) is 11.5 Å². The number of hydrogen-bond donors (Lipinski definition) is 1. The Bertz CT molecular complexity index is 1460. The maximum atomic E-state index is 14.1. The molecule has 9 nitrogen and oxygen atoms in total. The van der Waals surface area contributed by atoms with Crippen molar-refractivity contribution in [2.24, 2.45) is 0 Å². The van der Waals surface area contributed by atoms with E-state index in [-0.39, 0.29) is 29.1 Å². The van der Waals surface area contributed by atoms with Crippen LogP contribution in [0.3, 0.4) is 0 Å². The van der Waals surface area contributed by atoms with E-state index in [0.29, 0.717) is 24.7 Å². The Morgan fingerprint density at radius 1 is 0.927 bits per heavy atom. The van der Waals surface area contributed by atoms with Crippen LogP contribution in [0.4, 0.5) is 5.69 Å². The number of sulfonamides is 1. The number of aryl methyl sites for hydroxylation is 1. The number of carbonyl (C=O) groups is 2. The van der Waals surface area contributed by atoms with Crippen LogP contribution < -0.4 is 19.1 Å². The predicted molar refractivity (Wildman–Crippen MR) is 157 cm³/mol. The van der Waals surface area contributed by atoms with Crippen molar-refractivity contribution in [2.75, 3.05) is 24.1 Å². The van der Waals surface area contributed by atoms with Crippen LogP contribution in [0.1, 0.15) is 38.3 Å². The molecule has 0 aromatic heterocycles. The summed E-state index contributed by atoms with van der Waals surface area (Å²) < 4.78 is 40.3. The molecule has 218 valence electrons.